The van der Waals surface area contributed by atoms with Crippen LogP contribution in [0.4, 0.5) is 8.78 Å². The van der Waals surface area contributed by atoms with E-state index in [0.29, 0.717) is 6.42 Å². The summed E-state index contributed by atoms with van der Waals surface area (Å²) < 4.78 is 27.1. The summed E-state index contributed by atoms with van der Waals surface area (Å²) in [5, 5.41) is 2.92. The van der Waals surface area contributed by atoms with Crippen LogP contribution in [0.3, 0.4) is 0 Å². The van der Waals surface area contributed by atoms with Crippen LogP contribution in [-0.2, 0) is 0 Å². The molecule has 0 amide bonds. The number of rotatable bonds is 5. The fourth-order valence-electron chi connectivity index (χ4n) is 1.63. The fraction of sp³-hybridized carbons (Fsp3) is 0.385. The Kier molecular flexibility index (Phi) is 4.62. The Morgan fingerprint density at radius 1 is 1.38 bits per heavy atom. The molecular weight excluding hydrogens is 208 g/mol. The van der Waals surface area contributed by atoms with Crippen LogP contribution in [0.2, 0.25) is 0 Å². The Hall–Kier alpha value is -1.22. The average Bonchev–Trinajstić information content (AvgIpc) is 2.27. The molecule has 1 atom stereocenters. The lowest BCUT2D eigenvalue weighted by molar-refractivity contribution is 0.486. The largest absolute Gasteiger partial charge is 0.313 e. The van der Waals surface area contributed by atoms with Crippen molar-refractivity contribution in [3.63, 3.8) is 0 Å². The maximum atomic E-state index is 13.5. The van der Waals surface area contributed by atoms with Gasteiger partial charge in [0.05, 0.1) is 0 Å². The van der Waals surface area contributed by atoms with Gasteiger partial charge in [-0.1, -0.05) is 25.1 Å². The first-order valence-corrected chi connectivity index (χ1v) is 5.38. The van der Waals surface area contributed by atoms with Crippen LogP contribution < -0.4 is 5.32 Å². The standard InChI is InChI=1S/C13H17F2N/c1-4-9(2)8-12(16-3)13-10(14)6-5-7-11(13)15/h5-7,12,16H,2,4,8H2,1,3H3. The molecule has 0 aromatic heterocycles. The summed E-state index contributed by atoms with van der Waals surface area (Å²) in [5.74, 6) is -1.02. The van der Waals surface area contributed by atoms with Crippen LogP contribution in [0.5, 0.6) is 0 Å². The molecule has 0 radical (unpaired) electrons. The molecule has 0 saturated carbocycles. The molecule has 0 heterocycles. The van der Waals surface area contributed by atoms with Crippen LogP contribution in [0.25, 0.3) is 0 Å². The van der Waals surface area contributed by atoms with E-state index in [1.807, 2.05) is 6.92 Å². The van der Waals surface area contributed by atoms with E-state index in [9.17, 15) is 8.78 Å². The maximum absolute atomic E-state index is 13.5. The Morgan fingerprint density at radius 3 is 2.38 bits per heavy atom. The van der Waals surface area contributed by atoms with Gasteiger partial charge in [0.15, 0.2) is 0 Å². The monoisotopic (exact) mass is 225 g/mol. The second-order valence-electron chi connectivity index (χ2n) is 3.78. The smallest absolute Gasteiger partial charge is 0.130 e. The molecule has 3 heteroatoms. The summed E-state index contributed by atoms with van der Waals surface area (Å²) in [5.41, 5.74) is 1.07. The fourth-order valence-corrected chi connectivity index (χ4v) is 1.63. The van der Waals surface area contributed by atoms with E-state index in [4.69, 9.17) is 0 Å². The molecule has 0 saturated heterocycles. The van der Waals surface area contributed by atoms with E-state index in [1.165, 1.54) is 18.2 Å². The van der Waals surface area contributed by atoms with E-state index in [-0.39, 0.29) is 11.6 Å². The Labute approximate surface area is 95.2 Å². The Bertz CT molecular complexity index is 354. The van der Waals surface area contributed by atoms with Crippen molar-refractivity contribution < 1.29 is 8.78 Å². The van der Waals surface area contributed by atoms with E-state index >= 15 is 0 Å². The minimum atomic E-state index is -0.511. The molecule has 1 N–H and O–H groups in total. The Balaban J connectivity index is 2.99. The highest BCUT2D eigenvalue weighted by Crippen LogP contribution is 2.26. The number of hydrogen-bond donors (Lipinski definition) is 1. The number of nitrogens with one attached hydrogen (secondary N) is 1. The average molecular weight is 225 g/mol. The zero-order chi connectivity index (χ0) is 12.1. The first-order valence-electron chi connectivity index (χ1n) is 5.38. The predicted octanol–water partition coefficient (Wildman–Crippen LogP) is 3.58. The quantitative estimate of drug-likeness (QED) is 0.755. The minimum absolute atomic E-state index is 0.0969. The highest BCUT2D eigenvalue weighted by molar-refractivity contribution is 5.24. The van der Waals surface area contributed by atoms with Gasteiger partial charge in [-0.25, -0.2) is 8.78 Å². The van der Waals surface area contributed by atoms with Gasteiger partial charge in [-0.2, -0.15) is 0 Å². The van der Waals surface area contributed by atoms with Crippen LogP contribution >= 0.6 is 0 Å². The summed E-state index contributed by atoms with van der Waals surface area (Å²) in [6, 6.07) is 3.57. The van der Waals surface area contributed by atoms with Crippen molar-refractivity contribution in [3.05, 3.63) is 47.5 Å². The third-order valence-corrected chi connectivity index (χ3v) is 2.69. The predicted molar refractivity (Wildman–Crippen MR) is 62.2 cm³/mol. The van der Waals surface area contributed by atoms with Gasteiger partial charge < -0.3 is 5.32 Å². The molecule has 0 spiro atoms. The number of benzene rings is 1. The van der Waals surface area contributed by atoms with Gasteiger partial charge in [-0.3, -0.25) is 0 Å². The third kappa shape index (κ3) is 2.89. The topological polar surface area (TPSA) is 12.0 Å². The zero-order valence-corrected chi connectivity index (χ0v) is 9.69. The van der Waals surface area contributed by atoms with E-state index in [1.54, 1.807) is 7.05 Å². The first-order chi connectivity index (χ1) is 7.60. The summed E-state index contributed by atoms with van der Waals surface area (Å²) in [6.45, 7) is 5.84. The van der Waals surface area contributed by atoms with Gasteiger partial charge in [-0.15, -0.1) is 0 Å². The van der Waals surface area contributed by atoms with Gasteiger partial charge in [0.25, 0.3) is 0 Å². The molecule has 1 aromatic rings. The van der Waals surface area contributed by atoms with Gasteiger partial charge in [-0.05, 0) is 32.0 Å². The molecule has 1 aromatic carbocycles. The van der Waals surface area contributed by atoms with Crippen LogP contribution in [-0.4, -0.2) is 7.05 Å². The van der Waals surface area contributed by atoms with E-state index in [0.717, 1.165) is 12.0 Å². The highest BCUT2D eigenvalue weighted by atomic mass is 19.1. The molecule has 0 fully saturated rings. The van der Waals surface area contributed by atoms with Gasteiger partial charge >= 0.3 is 0 Å². The summed E-state index contributed by atoms with van der Waals surface area (Å²) in [4.78, 5) is 0. The second-order valence-corrected chi connectivity index (χ2v) is 3.78. The molecule has 0 aliphatic carbocycles. The van der Waals surface area contributed by atoms with E-state index in [2.05, 4.69) is 11.9 Å². The summed E-state index contributed by atoms with van der Waals surface area (Å²) in [7, 11) is 1.69. The summed E-state index contributed by atoms with van der Waals surface area (Å²) >= 11 is 0. The molecular formula is C13H17F2N. The van der Waals surface area contributed by atoms with Gasteiger partial charge in [0.1, 0.15) is 11.6 Å². The normalized spacial score (nSPS) is 12.5. The highest BCUT2D eigenvalue weighted by Gasteiger charge is 2.18. The maximum Gasteiger partial charge on any atom is 0.130 e. The molecule has 88 valence electrons. The molecule has 0 aliphatic rings. The van der Waals surface area contributed by atoms with Crippen molar-refractivity contribution in [2.24, 2.45) is 0 Å². The van der Waals surface area contributed by atoms with E-state index < -0.39 is 11.6 Å². The molecule has 0 aliphatic heterocycles. The minimum Gasteiger partial charge on any atom is -0.313 e. The van der Waals surface area contributed by atoms with Gasteiger partial charge in [0.2, 0.25) is 0 Å². The number of halogens is 2. The van der Waals surface area contributed by atoms with Crippen molar-refractivity contribution in [2.45, 2.75) is 25.8 Å². The van der Waals surface area contributed by atoms with Crippen molar-refractivity contribution in [3.8, 4) is 0 Å². The second kappa shape index (κ2) is 5.75. The molecule has 16 heavy (non-hydrogen) atoms. The van der Waals surface area contributed by atoms with Crippen molar-refractivity contribution in [2.75, 3.05) is 7.05 Å². The Morgan fingerprint density at radius 2 is 1.94 bits per heavy atom. The summed E-state index contributed by atoms with van der Waals surface area (Å²) in [6.07, 6.45) is 1.36. The van der Waals surface area contributed by atoms with Crippen molar-refractivity contribution in [1.29, 1.82) is 0 Å². The lowest BCUT2D eigenvalue weighted by Crippen LogP contribution is -2.19. The molecule has 0 bridgehead atoms. The van der Waals surface area contributed by atoms with Crippen LogP contribution in [0, 0.1) is 11.6 Å². The lowest BCUT2D eigenvalue weighted by atomic mass is 9.97. The third-order valence-electron chi connectivity index (χ3n) is 2.69. The van der Waals surface area contributed by atoms with Crippen LogP contribution in [0.1, 0.15) is 31.4 Å². The first kappa shape index (κ1) is 12.8. The molecule has 1 rings (SSSR count). The van der Waals surface area contributed by atoms with Crippen molar-refractivity contribution in [1.82, 2.24) is 5.32 Å². The van der Waals surface area contributed by atoms with Crippen LogP contribution in [0.15, 0.2) is 30.4 Å². The zero-order valence-electron chi connectivity index (χ0n) is 9.69. The lowest BCUT2D eigenvalue weighted by Gasteiger charge is -2.18. The molecule has 1 unspecified atom stereocenters. The van der Waals surface area contributed by atoms with Gasteiger partial charge in [0, 0.05) is 11.6 Å². The SMILES string of the molecule is C=C(CC)CC(NC)c1c(F)cccc1F. The molecule has 1 nitrogen and oxygen atoms in total. The van der Waals surface area contributed by atoms with Crippen molar-refractivity contribution >= 4 is 0 Å². The number of hydrogen-bond acceptors (Lipinski definition) is 1.